The number of ketones is 1. The molecule has 0 aliphatic heterocycles. The molecule has 7 heteroatoms. The number of benzene rings is 1. The SMILES string of the molecule is CCn1c(O)c(C(=O)c2ccc(Cl)cc2Cl)c(C)c(C#N)c1=O. The molecule has 118 valence electrons. The Morgan fingerprint density at radius 2 is 2.04 bits per heavy atom. The Hall–Kier alpha value is -2.29. The third-order valence-corrected chi connectivity index (χ3v) is 4.07. The molecule has 2 rings (SSSR count). The number of hydrogen-bond acceptors (Lipinski definition) is 4. The second-order valence-corrected chi connectivity index (χ2v) is 5.66. The molecule has 0 radical (unpaired) electrons. The number of halogens is 2. The van der Waals surface area contributed by atoms with E-state index in [1.807, 2.05) is 0 Å². The summed E-state index contributed by atoms with van der Waals surface area (Å²) in [6.45, 7) is 3.19. The first-order valence-electron chi connectivity index (χ1n) is 6.69. The van der Waals surface area contributed by atoms with Gasteiger partial charge in [-0.3, -0.25) is 14.2 Å². The van der Waals surface area contributed by atoms with Crippen LogP contribution < -0.4 is 5.56 Å². The smallest absolute Gasteiger partial charge is 0.271 e. The van der Waals surface area contributed by atoms with Crippen molar-refractivity contribution in [1.82, 2.24) is 4.57 Å². The number of carbonyl (C=O) groups is 1. The van der Waals surface area contributed by atoms with Crippen molar-refractivity contribution in [2.24, 2.45) is 0 Å². The average Bonchev–Trinajstić information content (AvgIpc) is 2.47. The lowest BCUT2D eigenvalue weighted by molar-refractivity contribution is 0.103. The van der Waals surface area contributed by atoms with Gasteiger partial charge in [0.15, 0.2) is 5.78 Å². The quantitative estimate of drug-likeness (QED) is 0.860. The second kappa shape index (κ2) is 6.45. The molecule has 0 bridgehead atoms. The van der Waals surface area contributed by atoms with Gasteiger partial charge in [-0.05, 0) is 37.6 Å². The Labute approximate surface area is 142 Å². The van der Waals surface area contributed by atoms with E-state index >= 15 is 0 Å². The fourth-order valence-electron chi connectivity index (χ4n) is 2.32. The number of carbonyl (C=O) groups excluding carboxylic acids is 1. The molecule has 0 aliphatic carbocycles. The largest absolute Gasteiger partial charge is 0.494 e. The van der Waals surface area contributed by atoms with E-state index in [4.69, 9.17) is 23.2 Å². The summed E-state index contributed by atoms with van der Waals surface area (Å²) in [7, 11) is 0. The van der Waals surface area contributed by atoms with E-state index in [0.717, 1.165) is 4.57 Å². The summed E-state index contributed by atoms with van der Waals surface area (Å²) in [5.74, 6) is -1.06. The number of aromatic hydroxyl groups is 1. The average molecular weight is 351 g/mol. The normalized spacial score (nSPS) is 10.4. The van der Waals surface area contributed by atoms with E-state index in [0.29, 0.717) is 5.02 Å². The van der Waals surface area contributed by atoms with Crippen molar-refractivity contribution < 1.29 is 9.90 Å². The van der Waals surface area contributed by atoms with Crippen molar-refractivity contribution in [3.05, 3.63) is 60.9 Å². The highest BCUT2D eigenvalue weighted by molar-refractivity contribution is 6.37. The fourth-order valence-corrected chi connectivity index (χ4v) is 2.82. The molecule has 0 saturated heterocycles. The zero-order chi connectivity index (χ0) is 17.3. The number of aromatic nitrogens is 1. The van der Waals surface area contributed by atoms with Crippen LogP contribution in [0.15, 0.2) is 23.0 Å². The van der Waals surface area contributed by atoms with Gasteiger partial charge in [-0.15, -0.1) is 0 Å². The topological polar surface area (TPSA) is 83.1 Å². The van der Waals surface area contributed by atoms with Gasteiger partial charge in [0.1, 0.15) is 11.6 Å². The van der Waals surface area contributed by atoms with Crippen LogP contribution in [0, 0.1) is 18.3 Å². The molecule has 1 aromatic carbocycles. The van der Waals surface area contributed by atoms with Gasteiger partial charge >= 0.3 is 0 Å². The number of pyridine rings is 1. The third-order valence-electron chi connectivity index (χ3n) is 3.52. The van der Waals surface area contributed by atoms with Gasteiger partial charge in [-0.1, -0.05) is 23.2 Å². The predicted molar refractivity (Wildman–Crippen MR) is 87.4 cm³/mol. The first-order chi connectivity index (χ1) is 10.8. The molecule has 0 aliphatic rings. The summed E-state index contributed by atoms with van der Waals surface area (Å²) in [5, 5.41) is 20.0. The molecule has 0 atom stereocenters. The molecule has 0 spiro atoms. The minimum absolute atomic E-state index is 0.118. The van der Waals surface area contributed by atoms with Crippen molar-refractivity contribution in [1.29, 1.82) is 5.26 Å². The number of rotatable bonds is 3. The van der Waals surface area contributed by atoms with E-state index < -0.39 is 17.2 Å². The van der Waals surface area contributed by atoms with E-state index in [-0.39, 0.29) is 33.8 Å². The van der Waals surface area contributed by atoms with Gasteiger partial charge in [0, 0.05) is 17.1 Å². The van der Waals surface area contributed by atoms with Crippen molar-refractivity contribution in [2.75, 3.05) is 0 Å². The molecule has 5 nitrogen and oxygen atoms in total. The second-order valence-electron chi connectivity index (χ2n) is 4.81. The Balaban J connectivity index is 2.80. The molecule has 1 heterocycles. The van der Waals surface area contributed by atoms with Crippen LogP contribution >= 0.6 is 23.2 Å². The van der Waals surface area contributed by atoms with E-state index in [1.165, 1.54) is 25.1 Å². The van der Waals surface area contributed by atoms with E-state index in [9.17, 15) is 20.0 Å². The van der Waals surface area contributed by atoms with Crippen molar-refractivity contribution in [3.63, 3.8) is 0 Å². The monoisotopic (exact) mass is 350 g/mol. The lowest BCUT2D eigenvalue weighted by Gasteiger charge is -2.14. The maximum Gasteiger partial charge on any atom is 0.271 e. The number of hydrogen-bond donors (Lipinski definition) is 1. The summed E-state index contributed by atoms with van der Waals surface area (Å²) >= 11 is 11.8. The van der Waals surface area contributed by atoms with Crippen LogP contribution in [0.5, 0.6) is 5.88 Å². The molecule has 2 aromatic rings. The highest BCUT2D eigenvalue weighted by atomic mass is 35.5. The summed E-state index contributed by atoms with van der Waals surface area (Å²) < 4.78 is 0.975. The molecule has 0 unspecified atom stereocenters. The van der Waals surface area contributed by atoms with E-state index in [1.54, 1.807) is 13.0 Å². The lowest BCUT2D eigenvalue weighted by Crippen LogP contribution is -2.26. The van der Waals surface area contributed by atoms with Crippen LogP contribution in [0.3, 0.4) is 0 Å². The standard InChI is InChI=1S/C16H12Cl2N2O3/c1-3-20-15(22)11(7-19)8(2)13(16(20)23)14(21)10-5-4-9(17)6-12(10)18/h4-6,23H,3H2,1-2H3. The molecule has 0 amide bonds. The minimum Gasteiger partial charge on any atom is -0.494 e. The molecule has 1 aromatic heterocycles. The Morgan fingerprint density at radius 1 is 1.39 bits per heavy atom. The zero-order valence-electron chi connectivity index (χ0n) is 12.4. The molecule has 0 fully saturated rings. The van der Waals surface area contributed by atoms with Gasteiger partial charge in [0.25, 0.3) is 5.56 Å². The van der Waals surface area contributed by atoms with Gasteiger partial charge in [-0.25, -0.2) is 0 Å². The molecule has 23 heavy (non-hydrogen) atoms. The fraction of sp³-hybridized carbons (Fsp3) is 0.188. The Morgan fingerprint density at radius 3 is 2.57 bits per heavy atom. The van der Waals surface area contributed by atoms with Crippen LogP contribution in [0.25, 0.3) is 0 Å². The number of nitriles is 1. The van der Waals surface area contributed by atoms with Gasteiger partial charge < -0.3 is 5.11 Å². The Bertz CT molecular complexity index is 911. The molecule has 1 N–H and O–H groups in total. The van der Waals surface area contributed by atoms with Crippen LogP contribution in [0.4, 0.5) is 0 Å². The van der Waals surface area contributed by atoms with Gasteiger partial charge in [-0.2, -0.15) is 5.26 Å². The highest BCUT2D eigenvalue weighted by Gasteiger charge is 2.25. The van der Waals surface area contributed by atoms with Gasteiger partial charge in [0.05, 0.1) is 10.6 Å². The molecule has 0 saturated carbocycles. The van der Waals surface area contributed by atoms with E-state index in [2.05, 4.69) is 0 Å². The predicted octanol–water partition coefficient (Wildman–Crippen LogP) is 3.29. The summed E-state index contributed by atoms with van der Waals surface area (Å²) in [6.07, 6.45) is 0. The third kappa shape index (κ3) is 2.83. The maximum atomic E-state index is 12.8. The van der Waals surface area contributed by atoms with Crippen LogP contribution in [-0.2, 0) is 6.54 Å². The first kappa shape index (κ1) is 17.1. The van der Waals surface area contributed by atoms with Crippen LogP contribution in [0.2, 0.25) is 10.0 Å². The molecular formula is C16H12Cl2N2O3. The summed E-state index contributed by atoms with van der Waals surface area (Å²) in [4.78, 5) is 24.9. The van der Waals surface area contributed by atoms with Crippen LogP contribution in [-0.4, -0.2) is 15.5 Å². The Kier molecular flexibility index (Phi) is 4.79. The minimum atomic E-state index is -0.635. The number of nitrogens with zero attached hydrogens (tertiary/aromatic N) is 2. The first-order valence-corrected chi connectivity index (χ1v) is 7.45. The summed E-state index contributed by atoms with van der Waals surface area (Å²) in [5.41, 5.74) is -0.690. The lowest BCUT2D eigenvalue weighted by atomic mass is 9.97. The van der Waals surface area contributed by atoms with Crippen molar-refractivity contribution in [3.8, 4) is 11.9 Å². The zero-order valence-corrected chi connectivity index (χ0v) is 13.9. The molecular weight excluding hydrogens is 339 g/mol. The van der Waals surface area contributed by atoms with Crippen LogP contribution in [0.1, 0.15) is 34.0 Å². The van der Waals surface area contributed by atoms with Gasteiger partial charge in [0.2, 0.25) is 5.88 Å². The summed E-state index contributed by atoms with van der Waals surface area (Å²) in [6, 6.07) is 6.12. The van der Waals surface area contributed by atoms with Crippen molar-refractivity contribution in [2.45, 2.75) is 20.4 Å². The maximum absolute atomic E-state index is 12.8. The highest BCUT2D eigenvalue weighted by Crippen LogP contribution is 2.29. The van der Waals surface area contributed by atoms with Crippen molar-refractivity contribution >= 4 is 29.0 Å².